The normalized spacial score (nSPS) is 14.7. The molecule has 2 N–H and O–H groups in total. The maximum atomic E-state index is 14.3. The highest BCUT2D eigenvalue weighted by Crippen LogP contribution is 2.31. The van der Waals surface area contributed by atoms with E-state index in [0.29, 0.717) is 22.6 Å². The minimum atomic E-state index is -0.955. The molecule has 0 bridgehead atoms. The molecule has 2 aromatic heterocycles. The average molecular weight is 448 g/mol. The average Bonchev–Trinajstić information content (AvgIpc) is 3.22. The summed E-state index contributed by atoms with van der Waals surface area (Å²) in [6.07, 6.45) is -0.955. The van der Waals surface area contributed by atoms with Crippen molar-refractivity contribution in [3.63, 3.8) is 0 Å². The van der Waals surface area contributed by atoms with Gasteiger partial charge in [0.2, 0.25) is 6.10 Å². The highest BCUT2D eigenvalue weighted by Gasteiger charge is 2.28. The van der Waals surface area contributed by atoms with Gasteiger partial charge >= 0.3 is 0 Å². The molecule has 1 aliphatic rings. The second kappa shape index (κ2) is 8.23. The number of carbonyl (C=O) groups excluding carboxylic acids is 2. The summed E-state index contributed by atoms with van der Waals surface area (Å²) >= 11 is 0. The summed E-state index contributed by atoms with van der Waals surface area (Å²) in [6.45, 7) is 1.64. The number of hydrogen-bond acceptors (Lipinski definition) is 7. The van der Waals surface area contributed by atoms with Crippen molar-refractivity contribution in [3.8, 4) is 22.8 Å². The van der Waals surface area contributed by atoms with E-state index in [4.69, 9.17) is 14.0 Å². The number of hydrazine groups is 1. The molecule has 9 nitrogen and oxygen atoms in total. The van der Waals surface area contributed by atoms with Crippen LogP contribution in [0.4, 0.5) is 4.39 Å². The van der Waals surface area contributed by atoms with Crippen LogP contribution in [0.3, 0.4) is 0 Å². The van der Waals surface area contributed by atoms with Crippen molar-refractivity contribution >= 4 is 22.9 Å². The zero-order valence-electron chi connectivity index (χ0n) is 17.3. The number of para-hydroxylation sites is 2. The number of nitrogens with zero attached hydrogens (tertiary/aromatic N) is 2. The van der Waals surface area contributed by atoms with Gasteiger partial charge in [0, 0.05) is 5.56 Å². The predicted octanol–water partition coefficient (Wildman–Crippen LogP) is 2.94. The predicted molar refractivity (Wildman–Crippen MR) is 114 cm³/mol. The zero-order valence-corrected chi connectivity index (χ0v) is 17.3. The van der Waals surface area contributed by atoms with Gasteiger partial charge in [-0.25, -0.2) is 9.37 Å². The maximum absolute atomic E-state index is 14.3. The van der Waals surface area contributed by atoms with Gasteiger partial charge in [0.25, 0.3) is 17.5 Å². The Balaban J connectivity index is 1.38. The molecule has 0 saturated heterocycles. The summed E-state index contributed by atoms with van der Waals surface area (Å²) in [6, 6.07) is 14.4. The number of aryl methyl sites for hydroxylation is 1. The van der Waals surface area contributed by atoms with Crippen LogP contribution in [-0.2, 0) is 4.79 Å². The molecule has 1 aliphatic heterocycles. The van der Waals surface area contributed by atoms with Crippen LogP contribution in [0.5, 0.6) is 11.5 Å². The lowest BCUT2D eigenvalue weighted by Gasteiger charge is -2.25. The first-order valence-corrected chi connectivity index (χ1v) is 10.0. The summed E-state index contributed by atoms with van der Waals surface area (Å²) in [5.74, 6) is -0.791. The minimum absolute atomic E-state index is 0.0135. The van der Waals surface area contributed by atoms with Gasteiger partial charge in [0.1, 0.15) is 12.4 Å². The van der Waals surface area contributed by atoms with Crippen LogP contribution in [0.15, 0.2) is 59.1 Å². The van der Waals surface area contributed by atoms with Gasteiger partial charge in [-0.2, -0.15) is 0 Å². The first-order valence-electron chi connectivity index (χ1n) is 10.0. The molecule has 2 aromatic carbocycles. The number of hydrogen-bond donors (Lipinski definition) is 2. The van der Waals surface area contributed by atoms with E-state index in [9.17, 15) is 14.0 Å². The molecule has 166 valence electrons. The second-order valence-electron chi connectivity index (χ2n) is 7.29. The van der Waals surface area contributed by atoms with E-state index >= 15 is 0 Å². The fourth-order valence-corrected chi connectivity index (χ4v) is 3.50. The molecule has 1 unspecified atom stereocenters. The molecule has 10 heteroatoms. The molecular weight excluding hydrogens is 431 g/mol. The quantitative estimate of drug-likeness (QED) is 0.463. The summed E-state index contributed by atoms with van der Waals surface area (Å²) in [5.41, 5.74) is 5.69. The first kappa shape index (κ1) is 20.4. The number of pyridine rings is 1. The summed E-state index contributed by atoms with van der Waals surface area (Å²) in [4.78, 5) is 29.8. The van der Waals surface area contributed by atoms with E-state index in [0.717, 1.165) is 0 Å². The van der Waals surface area contributed by atoms with Crippen molar-refractivity contribution in [1.29, 1.82) is 0 Å². The van der Waals surface area contributed by atoms with E-state index in [-0.39, 0.29) is 29.1 Å². The van der Waals surface area contributed by atoms with Gasteiger partial charge in [-0.15, -0.1) is 0 Å². The largest absolute Gasteiger partial charge is 0.485 e. The Morgan fingerprint density at radius 2 is 1.82 bits per heavy atom. The Morgan fingerprint density at radius 1 is 1.06 bits per heavy atom. The van der Waals surface area contributed by atoms with E-state index in [1.165, 1.54) is 18.2 Å². The topological polar surface area (TPSA) is 116 Å². The van der Waals surface area contributed by atoms with Crippen molar-refractivity contribution in [2.45, 2.75) is 13.0 Å². The fraction of sp³-hybridized carbons (Fsp3) is 0.130. The van der Waals surface area contributed by atoms with Crippen molar-refractivity contribution < 1.29 is 28.0 Å². The minimum Gasteiger partial charge on any atom is -0.485 e. The lowest BCUT2D eigenvalue weighted by atomic mass is 10.0. The van der Waals surface area contributed by atoms with E-state index in [2.05, 4.69) is 21.0 Å². The smallest absolute Gasteiger partial charge is 0.283 e. The second-order valence-corrected chi connectivity index (χ2v) is 7.29. The monoisotopic (exact) mass is 448 g/mol. The van der Waals surface area contributed by atoms with Gasteiger partial charge < -0.3 is 14.0 Å². The number of halogens is 1. The standard InChI is InChI=1S/C23H17FN4O5/c1-12-20-14(10-16(25-23(20)33-28-12)13-6-2-3-7-15(13)24)21(29)26-27-22(30)19-11-31-17-8-4-5-9-18(17)32-19/h2-10,19H,11H2,1H3,(H,26,29)(H,27,30). The molecule has 33 heavy (non-hydrogen) atoms. The number of aromatic nitrogens is 2. The van der Waals surface area contributed by atoms with Crippen molar-refractivity contribution in [3.05, 3.63) is 71.7 Å². The van der Waals surface area contributed by atoms with Gasteiger partial charge in [-0.3, -0.25) is 20.4 Å². The Hall–Kier alpha value is -4.47. The molecule has 5 rings (SSSR count). The van der Waals surface area contributed by atoms with E-state index in [1.54, 1.807) is 43.3 Å². The molecule has 3 heterocycles. The van der Waals surface area contributed by atoms with Gasteiger partial charge in [-0.05, 0) is 37.3 Å². The number of rotatable bonds is 3. The van der Waals surface area contributed by atoms with E-state index < -0.39 is 23.7 Å². The van der Waals surface area contributed by atoms with E-state index in [1.807, 2.05) is 0 Å². The number of benzene rings is 2. The molecule has 0 saturated carbocycles. The van der Waals surface area contributed by atoms with Gasteiger partial charge in [0.15, 0.2) is 11.5 Å². The van der Waals surface area contributed by atoms with Crippen LogP contribution in [0.1, 0.15) is 16.1 Å². The fourth-order valence-electron chi connectivity index (χ4n) is 3.50. The molecule has 0 aliphatic carbocycles. The third kappa shape index (κ3) is 3.82. The van der Waals surface area contributed by atoms with Crippen molar-refractivity contribution in [2.75, 3.05) is 6.61 Å². The highest BCUT2D eigenvalue weighted by atomic mass is 19.1. The number of carbonyl (C=O) groups is 2. The van der Waals surface area contributed by atoms with Crippen LogP contribution in [0, 0.1) is 12.7 Å². The maximum Gasteiger partial charge on any atom is 0.283 e. The number of ether oxygens (including phenoxy) is 2. The number of amides is 2. The third-order valence-electron chi connectivity index (χ3n) is 5.11. The lowest BCUT2D eigenvalue weighted by molar-refractivity contribution is -0.131. The van der Waals surface area contributed by atoms with Crippen LogP contribution < -0.4 is 20.3 Å². The highest BCUT2D eigenvalue weighted by molar-refractivity contribution is 6.07. The van der Waals surface area contributed by atoms with Crippen LogP contribution in [0.25, 0.3) is 22.4 Å². The van der Waals surface area contributed by atoms with Crippen LogP contribution in [0.2, 0.25) is 0 Å². The Bertz CT molecular complexity index is 1390. The third-order valence-corrected chi connectivity index (χ3v) is 5.11. The van der Waals surface area contributed by atoms with Crippen LogP contribution >= 0.6 is 0 Å². The Labute approximate surface area is 186 Å². The molecule has 0 fully saturated rings. The summed E-state index contributed by atoms with van der Waals surface area (Å²) < 4.78 is 30.7. The number of fused-ring (bicyclic) bond motifs is 2. The Kier molecular flexibility index (Phi) is 5.09. The van der Waals surface area contributed by atoms with Gasteiger partial charge in [-0.1, -0.05) is 29.4 Å². The van der Waals surface area contributed by atoms with Crippen LogP contribution in [-0.4, -0.2) is 34.7 Å². The molecule has 2 amide bonds. The zero-order chi connectivity index (χ0) is 22.9. The SMILES string of the molecule is Cc1noc2nc(-c3ccccc3F)cc(C(=O)NNC(=O)C3COc4ccccc4O3)c12. The summed E-state index contributed by atoms with van der Waals surface area (Å²) in [5, 5.41) is 4.21. The number of nitrogens with one attached hydrogen (secondary N) is 2. The summed E-state index contributed by atoms with van der Waals surface area (Å²) in [7, 11) is 0. The van der Waals surface area contributed by atoms with Gasteiger partial charge in [0.05, 0.1) is 22.3 Å². The first-order chi connectivity index (χ1) is 16.0. The lowest BCUT2D eigenvalue weighted by Crippen LogP contribution is -2.50. The van der Waals surface area contributed by atoms with Crippen molar-refractivity contribution in [1.82, 2.24) is 21.0 Å². The molecule has 0 spiro atoms. The molecule has 1 atom stereocenters. The Morgan fingerprint density at radius 3 is 2.64 bits per heavy atom. The molecule has 4 aromatic rings. The van der Waals surface area contributed by atoms with Crippen molar-refractivity contribution in [2.24, 2.45) is 0 Å². The molecular formula is C23H17FN4O5. The molecule has 0 radical (unpaired) electrons.